The number of pyridine rings is 2. The summed E-state index contributed by atoms with van der Waals surface area (Å²) in [7, 11) is 0. The highest BCUT2D eigenvalue weighted by molar-refractivity contribution is 5.94. The highest BCUT2D eigenvalue weighted by Gasteiger charge is 2.06. The van der Waals surface area contributed by atoms with E-state index in [1.807, 2.05) is 24.4 Å². The van der Waals surface area contributed by atoms with Crippen molar-refractivity contribution >= 4 is 11.6 Å². The van der Waals surface area contributed by atoms with Crippen LogP contribution in [0.1, 0.15) is 42.1 Å². The number of hydrogen-bond donors (Lipinski definition) is 2. The van der Waals surface area contributed by atoms with E-state index in [0.29, 0.717) is 18.7 Å². The molecule has 0 aliphatic rings. The fraction of sp³-hybridized carbons (Fsp3) is 0.353. The van der Waals surface area contributed by atoms with Gasteiger partial charge in [0, 0.05) is 37.9 Å². The van der Waals surface area contributed by atoms with Gasteiger partial charge in [-0.25, -0.2) is 0 Å². The number of nitrogens with zero attached hydrogens (tertiary/aromatic N) is 2. The number of carbonyl (C=O) groups excluding carboxylic acids is 1. The van der Waals surface area contributed by atoms with Crippen LogP contribution in [0.25, 0.3) is 0 Å². The summed E-state index contributed by atoms with van der Waals surface area (Å²) < 4.78 is 0. The van der Waals surface area contributed by atoms with Crippen LogP contribution in [0.5, 0.6) is 0 Å². The average molecular weight is 298 g/mol. The van der Waals surface area contributed by atoms with Crippen LogP contribution in [-0.4, -0.2) is 22.4 Å². The van der Waals surface area contributed by atoms with E-state index < -0.39 is 0 Å². The Kier molecular flexibility index (Phi) is 6.36. The van der Waals surface area contributed by atoms with Gasteiger partial charge in [0.25, 0.3) is 5.91 Å². The van der Waals surface area contributed by atoms with Gasteiger partial charge in [-0.1, -0.05) is 25.8 Å². The Hall–Kier alpha value is -2.43. The van der Waals surface area contributed by atoms with Crippen LogP contribution in [0.15, 0.2) is 43.0 Å². The molecule has 2 heterocycles. The Morgan fingerprint density at radius 1 is 1.18 bits per heavy atom. The second-order valence-corrected chi connectivity index (χ2v) is 5.14. The van der Waals surface area contributed by atoms with Gasteiger partial charge in [-0.2, -0.15) is 0 Å². The highest BCUT2D eigenvalue weighted by atomic mass is 16.1. The fourth-order valence-corrected chi connectivity index (χ4v) is 2.05. The number of hydrogen-bond acceptors (Lipinski definition) is 4. The molecule has 116 valence electrons. The van der Waals surface area contributed by atoms with Gasteiger partial charge in [0.15, 0.2) is 0 Å². The third-order valence-electron chi connectivity index (χ3n) is 3.29. The Morgan fingerprint density at radius 3 is 2.86 bits per heavy atom. The quantitative estimate of drug-likeness (QED) is 0.735. The van der Waals surface area contributed by atoms with E-state index in [0.717, 1.165) is 30.5 Å². The van der Waals surface area contributed by atoms with Crippen LogP contribution < -0.4 is 10.6 Å². The molecule has 2 aromatic rings. The van der Waals surface area contributed by atoms with Crippen molar-refractivity contribution in [2.45, 2.75) is 32.7 Å². The lowest BCUT2D eigenvalue weighted by molar-refractivity contribution is 0.0952. The lowest BCUT2D eigenvalue weighted by Crippen LogP contribution is -2.24. The third kappa shape index (κ3) is 5.16. The van der Waals surface area contributed by atoms with Crippen LogP contribution in [0.4, 0.5) is 5.69 Å². The van der Waals surface area contributed by atoms with Crippen LogP contribution in [0.3, 0.4) is 0 Å². The van der Waals surface area contributed by atoms with E-state index in [9.17, 15) is 4.79 Å². The molecule has 0 saturated carbocycles. The molecular weight excluding hydrogens is 276 g/mol. The van der Waals surface area contributed by atoms with Gasteiger partial charge in [-0.15, -0.1) is 0 Å². The van der Waals surface area contributed by atoms with Crippen molar-refractivity contribution < 1.29 is 4.79 Å². The molecule has 0 bridgehead atoms. The molecule has 0 aromatic carbocycles. The van der Waals surface area contributed by atoms with Crippen molar-refractivity contribution in [3.63, 3.8) is 0 Å². The van der Waals surface area contributed by atoms with Gasteiger partial charge >= 0.3 is 0 Å². The second kappa shape index (κ2) is 8.77. The van der Waals surface area contributed by atoms with Gasteiger partial charge in [-0.3, -0.25) is 14.8 Å². The maximum atomic E-state index is 12.0. The summed E-state index contributed by atoms with van der Waals surface area (Å²) in [5, 5.41) is 6.17. The van der Waals surface area contributed by atoms with Crippen LogP contribution in [0.2, 0.25) is 0 Å². The normalized spacial score (nSPS) is 10.2. The molecule has 22 heavy (non-hydrogen) atoms. The molecule has 2 aromatic heterocycles. The molecule has 0 aliphatic heterocycles. The van der Waals surface area contributed by atoms with Crippen LogP contribution >= 0.6 is 0 Å². The zero-order chi connectivity index (χ0) is 15.6. The van der Waals surface area contributed by atoms with Crippen LogP contribution in [-0.2, 0) is 6.54 Å². The molecule has 2 rings (SSSR count). The summed E-state index contributed by atoms with van der Waals surface area (Å²) in [6, 6.07) is 5.71. The zero-order valence-electron chi connectivity index (χ0n) is 12.9. The first-order valence-corrected chi connectivity index (χ1v) is 7.65. The minimum Gasteiger partial charge on any atom is -0.380 e. The first kappa shape index (κ1) is 15.9. The molecular formula is C17H22N4O. The standard InChI is InChI=1S/C17H22N4O/c1-2-3-4-8-20-17(22)15-9-16(13-19-12-15)21-11-14-6-5-7-18-10-14/h5-7,9-10,12-13,21H,2-4,8,11H2,1H3,(H,20,22). The predicted molar refractivity (Wildman–Crippen MR) is 87.7 cm³/mol. The smallest absolute Gasteiger partial charge is 0.252 e. The Bertz CT molecular complexity index is 586. The van der Waals surface area contributed by atoms with E-state index in [1.54, 1.807) is 18.6 Å². The van der Waals surface area contributed by atoms with E-state index in [4.69, 9.17) is 0 Å². The summed E-state index contributed by atoms with van der Waals surface area (Å²) in [4.78, 5) is 20.2. The van der Waals surface area contributed by atoms with Gasteiger partial charge in [0.05, 0.1) is 11.3 Å². The number of nitrogens with one attached hydrogen (secondary N) is 2. The van der Waals surface area contributed by atoms with Crippen molar-refractivity contribution in [2.24, 2.45) is 0 Å². The molecule has 0 unspecified atom stereocenters. The monoisotopic (exact) mass is 298 g/mol. The molecule has 0 fully saturated rings. The highest BCUT2D eigenvalue weighted by Crippen LogP contribution is 2.10. The van der Waals surface area contributed by atoms with Crippen LogP contribution in [0, 0.1) is 0 Å². The maximum Gasteiger partial charge on any atom is 0.252 e. The lowest BCUT2D eigenvalue weighted by atomic mass is 10.2. The Labute approximate surface area is 131 Å². The maximum absolute atomic E-state index is 12.0. The molecule has 0 radical (unpaired) electrons. The molecule has 0 spiro atoms. The first-order valence-electron chi connectivity index (χ1n) is 7.65. The summed E-state index contributed by atoms with van der Waals surface area (Å²) in [6.07, 6.45) is 10.1. The zero-order valence-corrected chi connectivity index (χ0v) is 12.9. The Balaban J connectivity index is 1.87. The summed E-state index contributed by atoms with van der Waals surface area (Å²) in [5.41, 5.74) is 2.48. The molecule has 0 atom stereocenters. The summed E-state index contributed by atoms with van der Waals surface area (Å²) >= 11 is 0. The van der Waals surface area contributed by atoms with Crippen molar-refractivity contribution in [2.75, 3.05) is 11.9 Å². The number of anilines is 1. The topological polar surface area (TPSA) is 66.9 Å². The molecule has 5 nitrogen and oxygen atoms in total. The molecule has 0 saturated heterocycles. The molecule has 0 aliphatic carbocycles. The van der Waals surface area contributed by atoms with Gasteiger partial charge in [0.1, 0.15) is 0 Å². The van der Waals surface area contributed by atoms with Gasteiger partial charge in [-0.05, 0) is 24.1 Å². The lowest BCUT2D eigenvalue weighted by Gasteiger charge is -2.08. The third-order valence-corrected chi connectivity index (χ3v) is 3.29. The van der Waals surface area contributed by atoms with Crippen molar-refractivity contribution in [3.05, 3.63) is 54.1 Å². The summed E-state index contributed by atoms with van der Waals surface area (Å²) in [6.45, 7) is 3.50. The largest absolute Gasteiger partial charge is 0.380 e. The average Bonchev–Trinajstić information content (AvgIpc) is 2.58. The minimum absolute atomic E-state index is 0.0753. The second-order valence-electron chi connectivity index (χ2n) is 5.14. The summed E-state index contributed by atoms with van der Waals surface area (Å²) in [5.74, 6) is -0.0753. The molecule has 1 amide bonds. The van der Waals surface area contributed by atoms with E-state index in [2.05, 4.69) is 27.5 Å². The van der Waals surface area contributed by atoms with E-state index >= 15 is 0 Å². The predicted octanol–water partition coefficient (Wildman–Crippen LogP) is 3.01. The van der Waals surface area contributed by atoms with E-state index in [1.165, 1.54) is 0 Å². The van der Waals surface area contributed by atoms with Crippen molar-refractivity contribution in [1.29, 1.82) is 0 Å². The van der Waals surface area contributed by atoms with E-state index in [-0.39, 0.29) is 5.91 Å². The van der Waals surface area contributed by atoms with Crippen molar-refractivity contribution in [3.8, 4) is 0 Å². The van der Waals surface area contributed by atoms with Gasteiger partial charge < -0.3 is 10.6 Å². The molecule has 5 heteroatoms. The number of rotatable bonds is 8. The minimum atomic E-state index is -0.0753. The molecule has 2 N–H and O–H groups in total. The van der Waals surface area contributed by atoms with Crippen molar-refractivity contribution in [1.82, 2.24) is 15.3 Å². The SMILES string of the molecule is CCCCCNC(=O)c1cncc(NCc2cccnc2)c1. The number of amides is 1. The first-order chi connectivity index (χ1) is 10.8. The fourth-order valence-electron chi connectivity index (χ4n) is 2.05. The Morgan fingerprint density at radius 2 is 2.09 bits per heavy atom. The van der Waals surface area contributed by atoms with Gasteiger partial charge in [0.2, 0.25) is 0 Å². The number of unbranched alkanes of at least 4 members (excludes halogenated alkanes) is 2. The number of aromatic nitrogens is 2. The number of carbonyl (C=O) groups is 1.